The van der Waals surface area contributed by atoms with Crippen molar-refractivity contribution in [2.75, 3.05) is 0 Å². The van der Waals surface area contributed by atoms with E-state index in [0.717, 1.165) is 10.9 Å². The third kappa shape index (κ3) is 4.75. The van der Waals surface area contributed by atoms with E-state index < -0.39 is 0 Å². The summed E-state index contributed by atoms with van der Waals surface area (Å²) >= 11 is 3.43. The lowest BCUT2D eigenvalue weighted by Gasteiger charge is -2.23. The summed E-state index contributed by atoms with van der Waals surface area (Å²) in [6, 6.07) is 0.197. The molecule has 108 valence electrons. The fourth-order valence-corrected chi connectivity index (χ4v) is 3.02. The topological polar surface area (TPSA) is 34.9 Å². The zero-order chi connectivity index (χ0) is 14.8. The van der Waals surface area contributed by atoms with Crippen molar-refractivity contribution in [3.05, 3.63) is 16.4 Å². The number of hydrogen-bond donors (Lipinski definition) is 0. The molecule has 1 aromatic heterocycles. The molecule has 1 heterocycles. The van der Waals surface area contributed by atoms with Crippen LogP contribution in [0.15, 0.2) is 10.7 Å². The Hall–Kier alpha value is -0.640. The molecule has 0 saturated heterocycles. The fraction of sp³-hybridized carbons (Fsp3) is 0.733. The van der Waals surface area contributed by atoms with Gasteiger partial charge in [-0.2, -0.15) is 5.10 Å². The highest BCUT2D eigenvalue weighted by molar-refractivity contribution is 9.10. The first-order chi connectivity index (χ1) is 8.61. The molecule has 1 aromatic rings. The molecule has 1 unspecified atom stereocenters. The molecular weight excluding hydrogens is 304 g/mol. The van der Waals surface area contributed by atoms with E-state index in [1.165, 1.54) is 0 Å². The van der Waals surface area contributed by atoms with E-state index in [2.05, 4.69) is 48.7 Å². The van der Waals surface area contributed by atoms with Gasteiger partial charge in [0, 0.05) is 12.5 Å². The van der Waals surface area contributed by atoms with Gasteiger partial charge in [-0.25, -0.2) is 0 Å². The first kappa shape index (κ1) is 16.4. The molecule has 0 aliphatic rings. The Bertz CT molecular complexity index is 443. The summed E-state index contributed by atoms with van der Waals surface area (Å²) in [6.07, 6.45) is 3.34. The average Bonchev–Trinajstić information content (AvgIpc) is 2.56. The molecular formula is C15H25BrN2O. The highest BCUT2D eigenvalue weighted by Gasteiger charge is 2.23. The van der Waals surface area contributed by atoms with E-state index >= 15 is 0 Å². The third-order valence-electron chi connectivity index (χ3n) is 3.00. The van der Waals surface area contributed by atoms with Gasteiger partial charge in [-0.05, 0) is 47.5 Å². The maximum atomic E-state index is 12.5. The number of Topliss-reactive ketones (excluding diaryl/α,β-unsaturated/α-hetero) is 1. The summed E-state index contributed by atoms with van der Waals surface area (Å²) in [5.74, 6) is 0.560. The quantitative estimate of drug-likeness (QED) is 0.722. The highest BCUT2D eigenvalue weighted by atomic mass is 79.9. The maximum Gasteiger partial charge on any atom is 0.182 e. The Morgan fingerprint density at radius 3 is 2.42 bits per heavy atom. The molecule has 0 saturated carbocycles. The lowest BCUT2D eigenvalue weighted by Crippen LogP contribution is -2.18. The van der Waals surface area contributed by atoms with Gasteiger partial charge in [0.15, 0.2) is 5.78 Å². The van der Waals surface area contributed by atoms with E-state index in [1.54, 1.807) is 10.9 Å². The first-order valence-electron chi connectivity index (χ1n) is 6.88. The number of halogens is 1. The largest absolute Gasteiger partial charge is 0.292 e. The third-order valence-corrected chi connectivity index (χ3v) is 3.58. The standard InChI is InChI=1S/C15H25BrN2O/c1-10(2)18-14(12(16)9-17-18)13(19)7-11(3)8-15(4,5)6/h9-11H,7-8H2,1-6H3. The van der Waals surface area contributed by atoms with Gasteiger partial charge < -0.3 is 0 Å². The van der Waals surface area contributed by atoms with Crippen molar-refractivity contribution in [1.82, 2.24) is 9.78 Å². The van der Waals surface area contributed by atoms with Gasteiger partial charge in [-0.3, -0.25) is 9.48 Å². The number of hydrogen-bond acceptors (Lipinski definition) is 2. The first-order valence-corrected chi connectivity index (χ1v) is 7.67. The van der Waals surface area contributed by atoms with Crippen LogP contribution in [0.4, 0.5) is 0 Å². The van der Waals surface area contributed by atoms with Gasteiger partial charge in [-0.15, -0.1) is 0 Å². The Morgan fingerprint density at radius 1 is 1.37 bits per heavy atom. The molecule has 0 aromatic carbocycles. The van der Waals surface area contributed by atoms with Crippen LogP contribution in [0.1, 0.15) is 70.9 Å². The number of carbonyl (C=O) groups is 1. The molecule has 0 amide bonds. The van der Waals surface area contributed by atoms with Crippen LogP contribution < -0.4 is 0 Å². The predicted molar refractivity (Wildman–Crippen MR) is 82.5 cm³/mol. The summed E-state index contributed by atoms with van der Waals surface area (Å²) in [4.78, 5) is 12.5. The van der Waals surface area contributed by atoms with Gasteiger partial charge in [0.25, 0.3) is 0 Å². The molecule has 0 N–H and O–H groups in total. The van der Waals surface area contributed by atoms with Gasteiger partial charge in [0.1, 0.15) is 5.69 Å². The lowest BCUT2D eigenvalue weighted by molar-refractivity contribution is 0.0941. The van der Waals surface area contributed by atoms with Crippen LogP contribution in [0.25, 0.3) is 0 Å². The Balaban J connectivity index is 2.81. The minimum atomic E-state index is 0.176. The Labute approximate surface area is 124 Å². The summed E-state index contributed by atoms with van der Waals surface area (Å²) in [5, 5.41) is 4.27. The number of rotatable bonds is 5. The van der Waals surface area contributed by atoms with Crippen molar-refractivity contribution >= 4 is 21.7 Å². The van der Waals surface area contributed by atoms with Gasteiger partial charge in [-0.1, -0.05) is 27.7 Å². The fourth-order valence-electron chi connectivity index (χ4n) is 2.52. The minimum Gasteiger partial charge on any atom is -0.292 e. The molecule has 19 heavy (non-hydrogen) atoms. The molecule has 4 heteroatoms. The van der Waals surface area contributed by atoms with Crippen molar-refractivity contribution in [2.45, 2.75) is 60.4 Å². The second kappa shape index (κ2) is 6.21. The summed E-state index contributed by atoms with van der Waals surface area (Å²) < 4.78 is 2.60. The van der Waals surface area contributed by atoms with E-state index in [1.807, 2.05) is 13.8 Å². The normalized spacial score (nSPS) is 13.9. The van der Waals surface area contributed by atoms with E-state index in [0.29, 0.717) is 18.0 Å². The van der Waals surface area contributed by atoms with Crippen molar-refractivity contribution in [1.29, 1.82) is 0 Å². The van der Waals surface area contributed by atoms with Crippen molar-refractivity contribution in [3.63, 3.8) is 0 Å². The van der Waals surface area contributed by atoms with Crippen LogP contribution in [0.5, 0.6) is 0 Å². The zero-order valence-electron chi connectivity index (χ0n) is 12.8. The number of ketones is 1. The van der Waals surface area contributed by atoms with Gasteiger partial charge >= 0.3 is 0 Å². The summed E-state index contributed by atoms with van der Waals surface area (Å²) in [7, 11) is 0. The zero-order valence-corrected chi connectivity index (χ0v) is 14.4. The molecule has 0 aliphatic carbocycles. The van der Waals surface area contributed by atoms with Crippen LogP contribution in [0.2, 0.25) is 0 Å². The van der Waals surface area contributed by atoms with Crippen LogP contribution >= 0.6 is 15.9 Å². The molecule has 3 nitrogen and oxygen atoms in total. The highest BCUT2D eigenvalue weighted by Crippen LogP contribution is 2.28. The molecule has 1 rings (SSSR count). The summed E-state index contributed by atoms with van der Waals surface area (Å²) in [5.41, 5.74) is 0.964. The lowest BCUT2D eigenvalue weighted by atomic mass is 9.83. The van der Waals surface area contributed by atoms with Crippen molar-refractivity contribution < 1.29 is 4.79 Å². The van der Waals surface area contributed by atoms with E-state index in [4.69, 9.17) is 0 Å². The van der Waals surface area contributed by atoms with Gasteiger partial charge in [0.05, 0.1) is 10.7 Å². The second-order valence-electron chi connectivity index (χ2n) is 6.88. The SMILES string of the molecule is CC(CC(=O)c1c(Br)cnn1C(C)C)CC(C)(C)C. The second-order valence-corrected chi connectivity index (χ2v) is 7.73. The smallest absolute Gasteiger partial charge is 0.182 e. The minimum absolute atomic E-state index is 0.176. The number of carbonyl (C=O) groups excluding carboxylic acids is 1. The average molecular weight is 329 g/mol. The molecule has 0 aliphatic heterocycles. The molecule has 0 spiro atoms. The summed E-state index contributed by atoms with van der Waals surface area (Å²) in [6.45, 7) is 12.9. The van der Waals surface area contributed by atoms with E-state index in [9.17, 15) is 4.79 Å². The van der Waals surface area contributed by atoms with Crippen LogP contribution in [0.3, 0.4) is 0 Å². The van der Waals surface area contributed by atoms with Crippen LogP contribution in [-0.2, 0) is 0 Å². The van der Waals surface area contributed by atoms with Crippen LogP contribution in [0, 0.1) is 11.3 Å². The Kier molecular flexibility index (Phi) is 5.36. The molecule has 0 radical (unpaired) electrons. The number of nitrogens with zero attached hydrogens (tertiary/aromatic N) is 2. The van der Waals surface area contributed by atoms with Crippen molar-refractivity contribution in [2.24, 2.45) is 11.3 Å². The molecule has 1 atom stereocenters. The predicted octanol–water partition coefficient (Wildman–Crippen LogP) is 4.87. The molecule has 0 bridgehead atoms. The van der Waals surface area contributed by atoms with Crippen LogP contribution in [-0.4, -0.2) is 15.6 Å². The number of aromatic nitrogens is 2. The van der Waals surface area contributed by atoms with E-state index in [-0.39, 0.29) is 17.2 Å². The maximum absolute atomic E-state index is 12.5. The van der Waals surface area contributed by atoms with Gasteiger partial charge in [0.2, 0.25) is 0 Å². The Morgan fingerprint density at radius 2 is 1.95 bits per heavy atom. The monoisotopic (exact) mass is 328 g/mol. The molecule has 0 fully saturated rings. The van der Waals surface area contributed by atoms with Crippen molar-refractivity contribution in [3.8, 4) is 0 Å².